The molecule has 19 heavy (non-hydrogen) atoms. The molecule has 0 saturated carbocycles. The molecule has 0 aliphatic heterocycles. The average Bonchev–Trinajstić information content (AvgIpc) is 2.95. The van der Waals surface area contributed by atoms with Gasteiger partial charge in [0.1, 0.15) is 0 Å². The molecule has 2 aromatic heterocycles. The molecule has 0 saturated heterocycles. The van der Waals surface area contributed by atoms with Crippen LogP contribution in [0.2, 0.25) is 0 Å². The number of nitrogens with zero attached hydrogens (tertiary/aromatic N) is 2. The zero-order chi connectivity index (χ0) is 14.0. The molecule has 102 valence electrons. The summed E-state index contributed by atoms with van der Waals surface area (Å²) in [5.41, 5.74) is 1.88. The maximum atomic E-state index is 12.2. The fourth-order valence-corrected chi connectivity index (χ4v) is 2.90. The van der Waals surface area contributed by atoms with E-state index in [0.29, 0.717) is 10.4 Å². The number of hydrogen-bond acceptors (Lipinski definition) is 3. The molecule has 0 radical (unpaired) electrons. The SMILES string of the molecule is CCc1nn(CC)c(CC(=O)c2ccc(Br)o2)c1Br. The minimum absolute atomic E-state index is 0.0522. The Morgan fingerprint density at radius 3 is 2.63 bits per heavy atom. The number of aromatic nitrogens is 2. The lowest BCUT2D eigenvalue weighted by molar-refractivity contribution is 0.0962. The number of aryl methyl sites for hydroxylation is 2. The van der Waals surface area contributed by atoms with E-state index in [1.165, 1.54) is 0 Å². The van der Waals surface area contributed by atoms with Crippen molar-refractivity contribution in [2.24, 2.45) is 0 Å². The van der Waals surface area contributed by atoms with Gasteiger partial charge in [-0.25, -0.2) is 0 Å². The molecule has 0 aliphatic rings. The van der Waals surface area contributed by atoms with Crippen LogP contribution in [0.25, 0.3) is 0 Å². The molecule has 0 unspecified atom stereocenters. The second kappa shape index (κ2) is 6.05. The summed E-state index contributed by atoms with van der Waals surface area (Å²) < 4.78 is 8.64. The van der Waals surface area contributed by atoms with Crippen LogP contribution in [0.4, 0.5) is 0 Å². The number of carbonyl (C=O) groups is 1. The lowest BCUT2D eigenvalue weighted by Crippen LogP contribution is -2.09. The highest BCUT2D eigenvalue weighted by Gasteiger charge is 2.19. The van der Waals surface area contributed by atoms with Crippen LogP contribution in [0.1, 0.15) is 35.8 Å². The molecule has 0 spiro atoms. The van der Waals surface area contributed by atoms with Gasteiger partial charge in [-0.05, 0) is 57.3 Å². The summed E-state index contributed by atoms with van der Waals surface area (Å²) in [4.78, 5) is 12.2. The van der Waals surface area contributed by atoms with Crippen LogP contribution in [0, 0.1) is 0 Å². The summed E-state index contributed by atoms with van der Waals surface area (Å²) in [5.74, 6) is 0.310. The summed E-state index contributed by atoms with van der Waals surface area (Å²) in [7, 11) is 0. The van der Waals surface area contributed by atoms with Crippen molar-refractivity contribution in [2.45, 2.75) is 33.2 Å². The van der Waals surface area contributed by atoms with Crippen molar-refractivity contribution in [3.8, 4) is 0 Å². The second-order valence-electron chi connectivity index (χ2n) is 4.08. The average molecular weight is 390 g/mol. The van der Waals surface area contributed by atoms with Crippen molar-refractivity contribution in [1.29, 1.82) is 0 Å². The van der Waals surface area contributed by atoms with E-state index in [2.05, 4.69) is 37.0 Å². The smallest absolute Gasteiger partial charge is 0.204 e. The Hall–Kier alpha value is -0.880. The zero-order valence-electron chi connectivity index (χ0n) is 10.7. The van der Waals surface area contributed by atoms with Crippen molar-refractivity contribution in [3.05, 3.63) is 38.4 Å². The number of rotatable bonds is 5. The molecule has 0 N–H and O–H groups in total. The number of Topliss-reactive ketones (excluding diaryl/α,β-unsaturated/α-hetero) is 1. The third-order valence-corrected chi connectivity index (χ3v) is 4.21. The van der Waals surface area contributed by atoms with Gasteiger partial charge in [0, 0.05) is 6.54 Å². The predicted octanol–water partition coefficient (Wildman–Crippen LogP) is 4.01. The highest BCUT2D eigenvalue weighted by Crippen LogP contribution is 2.24. The van der Waals surface area contributed by atoms with Gasteiger partial charge in [0.15, 0.2) is 10.4 Å². The van der Waals surface area contributed by atoms with E-state index in [9.17, 15) is 4.79 Å². The maximum absolute atomic E-state index is 12.2. The summed E-state index contributed by atoms with van der Waals surface area (Å²) in [5, 5.41) is 4.48. The van der Waals surface area contributed by atoms with Crippen LogP contribution in [0.5, 0.6) is 0 Å². The number of halogens is 2. The number of furan rings is 1. The fraction of sp³-hybridized carbons (Fsp3) is 0.385. The van der Waals surface area contributed by atoms with Gasteiger partial charge in [-0.2, -0.15) is 5.10 Å². The lowest BCUT2D eigenvalue weighted by atomic mass is 10.1. The van der Waals surface area contributed by atoms with Gasteiger partial charge in [-0.15, -0.1) is 0 Å². The minimum Gasteiger partial charge on any atom is -0.446 e. The maximum Gasteiger partial charge on any atom is 0.204 e. The standard InChI is InChI=1S/C13H14Br2N2O2/c1-3-8-13(15)9(17(4-2)16-8)7-10(18)11-5-6-12(14)19-11/h5-6H,3-4,7H2,1-2H3. The minimum atomic E-state index is -0.0522. The summed E-state index contributed by atoms with van der Waals surface area (Å²) in [6, 6.07) is 3.39. The number of ketones is 1. The Bertz CT molecular complexity index is 602. The van der Waals surface area contributed by atoms with Crippen LogP contribution in [-0.2, 0) is 19.4 Å². The van der Waals surface area contributed by atoms with E-state index >= 15 is 0 Å². The van der Waals surface area contributed by atoms with E-state index in [4.69, 9.17) is 4.42 Å². The Morgan fingerprint density at radius 2 is 2.11 bits per heavy atom. The highest BCUT2D eigenvalue weighted by molar-refractivity contribution is 9.10. The van der Waals surface area contributed by atoms with Gasteiger partial charge in [0.05, 0.1) is 22.3 Å². The topological polar surface area (TPSA) is 48.0 Å². The molecule has 0 fully saturated rings. The van der Waals surface area contributed by atoms with Gasteiger partial charge in [0.2, 0.25) is 5.78 Å². The zero-order valence-corrected chi connectivity index (χ0v) is 13.9. The van der Waals surface area contributed by atoms with Crippen molar-refractivity contribution in [2.75, 3.05) is 0 Å². The molecule has 2 heterocycles. The highest BCUT2D eigenvalue weighted by atomic mass is 79.9. The Balaban J connectivity index is 2.28. The normalized spacial score (nSPS) is 10.9. The molecule has 2 aromatic rings. The van der Waals surface area contributed by atoms with Crippen molar-refractivity contribution in [3.63, 3.8) is 0 Å². The molecule has 6 heteroatoms. The largest absolute Gasteiger partial charge is 0.446 e. The van der Waals surface area contributed by atoms with Crippen molar-refractivity contribution >= 4 is 37.6 Å². The third-order valence-electron chi connectivity index (χ3n) is 2.87. The van der Waals surface area contributed by atoms with Gasteiger partial charge in [0.25, 0.3) is 0 Å². The second-order valence-corrected chi connectivity index (χ2v) is 5.65. The molecular formula is C13H14Br2N2O2. The van der Waals surface area contributed by atoms with E-state index in [1.807, 2.05) is 18.5 Å². The van der Waals surface area contributed by atoms with Crippen LogP contribution in [0.15, 0.2) is 25.7 Å². The first-order chi connectivity index (χ1) is 9.06. The van der Waals surface area contributed by atoms with Gasteiger partial charge in [-0.3, -0.25) is 9.48 Å². The Labute approximate surface area is 128 Å². The summed E-state index contributed by atoms with van der Waals surface area (Å²) >= 11 is 6.73. The Kier molecular flexibility index (Phi) is 4.62. The van der Waals surface area contributed by atoms with Crippen LogP contribution in [-0.4, -0.2) is 15.6 Å². The Morgan fingerprint density at radius 1 is 1.37 bits per heavy atom. The molecule has 0 amide bonds. The van der Waals surface area contributed by atoms with Crippen LogP contribution < -0.4 is 0 Å². The molecular weight excluding hydrogens is 376 g/mol. The van der Waals surface area contributed by atoms with E-state index in [0.717, 1.165) is 28.8 Å². The summed E-state index contributed by atoms with van der Waals surface area (Å²) in [6.45, 7) is 4.79. The van der Waals surface area contributed by atoms with Gasteiger partial charge >= 0.3 is 0 Å². The van der Waals surface area contributed by atoms with E-state index in [-0.39, 0.29) is 12.2 Å². The molecule has 0 atom stereocenters. The third kappa shape index (κ3) is 3.00. The van der Waals surface area contributed by atoms with E-state index < -0.39 is 0 Å². The van der Waals surface area contributed by atoms with Crippen molar-refractivity contribution in [1.82, 2.24) is 9.78 Å². The molecule has 0 aliphatic carbocycles. The first-order valence-electron chi connectivity index (χ1n) is 6.09. The molecule has 0 bridgehead atoms. The molecule has 2 rings (SSSR count). The first-order valence-corrected chi connectivity index (χ1v) is 7.68. The van der Waals surface area contributed by atoms with Gasteiger partial charge in [-0.1, -0.05) is 6.92 Å². The lowest BCUT2D eigenvalue weighted by Gasteiger charge is -2.03. The van der Waals surface area contributed by atoms with Gasteiger partial charge < -0.3 is 4.42 Å². The molecule has 0 aromatic carbocycles. The fourth-order valence-electron chi connectivity index (χ4n) is 1.89. The van der Waals surface area contributed by atoms with E-state index in [1.54, 1.807) is 12.1 Å². The number of hydrogen-bond donors (Lipinski definition) is 0. The van der Waals surface area contributed by atoms with Crippen molar-refractivity contribution < 1.29 is 9.21 Å². The first kappa shape index (κ1) is 14.5. The number of carbonyl (C=O) groups excluding carboxylic acids is 1. The quantitative estimate of drug-likeness (QED) is 0.726. The molecule has 4 nitrogen and oxygen atoms in total. The van der Waals surface area contributed by atoms with Crippen LogP contribution in [0.3, 0.4) is 0 Å². The monoisotopic (exact) mass is 388 g/mol. The summed E-state index contributed by atoms with van der Waals surface area (Å²) in [6.07, 6.45) is 1.11. The predicted molar refractivity (Wildman–Crippen MR) is 79.4 cm³/mol. The van der Waals surface area contributed by atoms with Crippen LogP contribution >= 0.6 is 31.9 Å².